The van der Waals surface area contributed by atoms with E-state index in [1.807, 2.05) is 25.1 Å². The molecule has 8 nitrogen and oxygen atoms in total. The van der Waals surface area contributed by atoms with Gasteiger partial charge in [-0.05, 0) is 36.2 Å². The zero-order chi connectivity index (χ0) is 17.1. The molecule has 8 N–H and O–H groups in total. The number of aryl methyl sites for hydroxylation is 1. The lowest BCUT2D eigenvalue weighted by atomic mass is 10.1. The molecule has 0 atom stereocenters. The summed E-state index contributed by atoms with van der Waals surface area (Å²) in [6.07, 6.45) is 1.55. The number of rotatable bonds is 5. The lowest BCUT2D eigenvalue weighted by Gasteiger charge is -2.14. The molecule has 0 spiro atoms. The van der Waals surface area contributed by atoms with Crippen molar-refractivity contribution < 1.29 is 4.42 Å². The summed E-state index contributed by atoms with van der Waals surface area (Å²) in [6.45, 7) is 2.49. The van der Waals surface area contributed by atoms with E-state index in [4.69, 9.17) is 21.7 Å². The Hall–Kier alpha value is -3.26. The van der Waals surface area contributed by atoms with E-state index in [0.29, 0.717) is 29.5 Å². The van der Waals surface area contributed by atoms with Crippen LogP contribution in [-0.2, 0) is 6.54 Å². The van der Waals surface area contributed by atoms with Gasteiger partial charge < -0.3 is 26.6 Å². The Kier molecular flexibility index (Phi) is 4.21. The second-order valence-electron chi connectivity index (χ2n) is 5.32. The lowest BCUT2D eigenvalue weighted by Crippen LogP contribution is -2.15. The highest BCUT2D eigenvalue weighted by Gasteiger charge is 2.16. The fourth-order valence-corrected chi connectivity index (χ4v) is 2.37. The van der Waals surface area contributed by atoms with Gasteiger partial charge in [-0.15, -0.1) is 0 Å². The lowest BCUT2D eigenvalue weighted by molar-refractivity contribution is 0.580. The van der Waals surface area contributed by atoms with Gasteiger partial charge >= 0.3 is 0 Å². The van der Waals surface area contributed by atoms with Crippen molar-refractivity contribution in [2.75, 3.05) is 22.2 Å². The van der Waals surface area contributed by atoms with Gasteiger partial charge in [0, 0.05) is 12.2 Å². The zero-order valence-electron chi connectivity index (χ0n) is 13.2. The maximum Gasteiger partial charge on any atom is 0.222 e. The summed E-state index contributed by atoms with van der Waals surface area (Å²) in [4.78, 5) is 8.42. The minimum atomic E-state index is 0.122. The van der Waals surface area contributed by atoms with E-state index in [1.165, 1.54) is 0 Å². The maximum absolute atomic E-state index is 5.84. The van der Waals surface area contributed by atoms with Gasteiger partial charge in [0.15, 0.2) is 11.6 Å². The number of benzene rings is 1. The second-order valence-corrected chi connectivity index (χ2v) is 5.32. The topological polar surface area (TPSA) is 141 Å². The van der Waals surface area contributed by atoms with Gasteiger partial charge in [0.1, 0.15) is 11.4 Å². The highest BCUT2D eigenvalue weighted by atomic mass is 16.3. The highest BCUT2D eigenvalue weighted by molar-refractivity contribution is 5.81. The van der Waals surface area contributed by atoms with E-state index in [9.17, 15) is 0 Å². The molecule has 0 aliphatic carbocycles. The molecule has 3 aromatic rings. The number of nitrogen functional groups attached to an aromatic ring is 3. The molecule has 0 saturated heterocycles. The minimum absolute atomic E-state index is 0.122. The SMILES string of the molecule is Cc1cc(CNc2nc(N)nc(-c3ccco3)c2NN)ccc1N. The van der Waals surface area contributed by atoms with Gasteiger partial charge in [-0.2, -0.15) is 4.98 Å². The van der Waals surface area contributed by atoms with Crippen molar-refractivity contribution in [1.29, 1.82) is 0 Å². The van der Waals surface area contributed by atoms with Crippen molar-refractivity contribution in [2.24, 2.45) is 5.84 Å². The Bertz CT molecular complexity index is 846. The average molecular weight is 325 g/mol. The average Bonchev–Trinajstić information content (AvgIpc) is 3.09. The number of nitrogens with zero attached hydrogens (tertiary/aromatic N) is 2. The molecular weight excluding hydrogens is 306 g/mol. The summed E-state index contributed by atoms with van der Waals surface area (Å²) < 4.78 is 5.38. The Morgan fingerprint density at radius 2 is 2.00 bits per heavy atom. The number of furan rings is 1. The largest absolute Gasteiger partial charge is 0.463 e. The normalized spacial score (nSPS) is 10.6. The summed E-state index contributed by atoms with van der Waals surface area (Å²) in [5, 5.41) is 3.21. The number of hydrazine groups is 1. The minimum Gasteiger partial charge on any atom is -0.463 e. The van der Waals surface area contributed by atoms with Gasteiger partial charge in [-0.1, -0.05) is 12.1 Å². The summed E-state index contributed by atoms with van der Waals surface area (Å²) in [5.74, 6) is 6.81. The quantitative estimate of drug-likeness (QED) is 0.273. The summed E-state index contributed by atoms with van der Waals surface area (Å²) in [6, 6.07) is 9.36. The molecule has 0 unspecified atom stereocenters. The Morgan fingerprint density at radius 1 is 1.17 bits per heavy atom. The van der Waals surface area contributed by atoms with Crippen LogP contribution in [0.15, 0.2) is 41.0 Å². The first-order valence-corrected chi connectivity index (χ1v) is 7.35. The van der Waals surface area contributed by atoms with Gasteiger partial charge in [0.05, 0.1) is 6.26 Å². The van der Waals surface area contributed by atoms with Gasteiger partial charge in [0.2, 0.25) is 5.95 Å². The van der Waals surface area contributed by atoms with Crippen LogP contribution in [0.4, 0.5) is 23.1 Å². The van der Waals surface area contributed by atoms with Crippen molar-refractivity contribution in [3.8, 4) is 11.5 Å². The standard InChI is InChI=1S/C16H19N7O/c1-9-7-10(4-5-11(9)17)8-20-15-14(23-19)13(21-16(18)22-15)12-3-2-6-24-12/h2-7,23H,8,17,19H2,1H3,(H3,18,20,21,22). The fourth-order valence-electron chi connectivity index (χ4n) is 2.37. The molecule has 0 aliphatic heterocycles. The zero-order valence-corrected chi connectivity index (χ0v) is 13.2. The third-order valence-electron chi connectivity index (χ3n) is 3.62. The van der Waals surface area contributed by atoms with Crippen molar-refractivity contribution in [3.63, 3.8) is 0 Å². The first-order chi connectivity index (χ1) is 11.6. The van der Waals surface area contributed by atoms with Crippen molar-refractivity contribution in [2.45, 2.75) is 13.5 Å². The molecule has 2 heterocycles. The molecular formula is C16H19N7O. The molecule has 8 heteroatoms. The van der Waals surface area contributed by atoms with Crippen LogP contribution in [0.25, 0.3) is 11.5 Å². The number of nitrogens with two attached hydrogens (primary N) is 3. The Balaban J connectivity index is 1.91. The van der Waals surface area contributed by atoms with Crippen LogP contribution in [0.5, 0.6) is 0 Å². The van der Waals surface area contributed by atoms with E-state index < -0.39 is 0 Å². The summed E-state index contributed by atoms with van der Waals surface area (Å²) >= 11 is 0. The monoisotopic (exact) mass is 325 g/mol. The van der Waals surface area contributed by atoms with E-state index in [1.54, 1.807) is 18.4 Å². The van der Waals surface area contributed by atoms with Crippen molar-refractivity contribution >= 4 is 23.1 Å². The number of hydrogen-bond donors (Lipinski definition) is 5. The van der Waals surface area contributed by atoms with E-state index in [-0.39, 0.29) is 5.95 Å². The van der Waals surface area contributed by atoms with Crippen LogP contribution in [0.2, 0.25) is 0 Å². The molecule has 2 aromatic heterocycles. The number of hydrogen-bond acceptors (Lipinski definition) is 8. The molecule has 1 aromatic carbocycles. The van der Waals surface area contributed by atoms with Crippen LogP contribution < -0.4 is 28.1 Å². The molecule has 0 aliphatic rings. The van der Waals surface area contributed by atoms with Crippen LogP contribution >= 0.6 is 0 Å². The smallest absolute Gasteiger partial charge is 0.222 e. The summed E-state index contributed by atoms with van der Waals surface area (Å²) in [5.41, 5.74) is 18.1. The molecule has 0 radical (unpaired) electrons. The molecule has 24 heavy (non-hydrogen) atoms. The Morgan fingerprint density at radius 3 is 2.67 bits per heavy atom. The predicted molar refractivity (Wildman–Crippen MR) is 94.9 cm³/mol. The third kappa shape index (κ3) is 3.08. The number of nitrogens with one attached hydrogen (secondary N) is 2. The molecule has 0 fully saturated rings. The first-order valence-electron chi connectivity index (χ1n) is 7.35. The van der Waals surface area contributed by atoms with Crippen LogP contribution in [0, 0.1) is 6.92 Å². The molecule has 0 saturated carbocycles. The number of aromatic nitrogens is 2. The van der Waals surface area contributed by atoms with Gasteiger partial charge in [0.25, 0.3) is 0 Å². The van der Waals surface area contributed by atoms with Crippen molar-refractivity contribution in [1.82, 2.24) is 9.97 Å². The first kappa shape index (κ1) is 15.6. The maximum atomic E-state index is 5.84. The second kappa shape index (κ2) is 6.47. The van der Waals surface area contributed by atoms with E-state index in [2.05, 4.69) is 20.7 Å². The third-order valence-corrected chi connectivity index (χ3v) is 3.62. The molecule has 3 rings (SSSR count). The Labute approximate surface area is 139 Å². The molecule has 0 bridgehead atoms. The molecule has 0 amide bonds. The highest BCUT2D eigenvalue weighted by Crippen LogP contribution is 2.32. The van der Waals surface area contributed by atoms with Crippen LogP contribution in [0.1, 0.15) is 11.1 Å². The van der Waals surface area contributed by atoms with Gasteiger partial charge in [-0.25, -0.2) is 4.98 Å². The van der Waals surface area contributed by atoms with Gasteiger partial charge in [-0.3, -0.25) is 5.84 Å². The fraction of sp³-hybridized carbons (Fsp3) is 0.125. The molecule has 124 valence electrons. The van der Waals surface area contributed by atoms with Crippen LogP contribution in [0.3, 0.4) is 0 Å². The van der Waals surface area contributed by atoms with Crippen LogP contribution in [-0.4, -0.2) is 9.97 Å². The summed E-state index contributed by atoms with van der Waals surface area (Å²) in [7, 11) is 0. The number of anilines is 4. The predicted octanol–water partition coefficient (Wildman–Crippen LogP) is 2.11. The van der Waals surface area contributed by atoms with Crippen molar-refractivity contribution in [3.05, 3.63) is 47.7 Å². The van der Waals surface area contributed by atoms with E-state index >= 15 is 0 Å². The van der Waals surface area contributed by atoms with E-state index in [0.717, 1.165) is 16.8 Å².